The first kappa shape index (κ1) is 19.0. The van der Waals surface area contributed by atoms with Crippen molar-refractivity contribution in [2.24, 2.45) is 0 Å². The predicted octanol–water partition coefficient (Wildman–Crippen LogP) is 4.66. The topological polar surface area (TPSA) is 61.2 Å². The highest BCUT2D eigenvalue weighted by Crippen LogP contribution is 2.39. The Hall–Kier alpha value is -2.95. The molecule has 0 amide bonds. The minimum Gasteiger partial charge on any atom is -0.460 e. The molecule has 3 aromatic rings. The summed E-state index contributed by atoms with van der Waals surface area (Å²) < 4.78 is 7.11. The van der Waals surface area contributed by atoms with Crippen LogP contribution in [0, 0.1) is 0 Å². The van der Waals surface area contributed by atoms with Gasteiger partial charge in [-0.05, 0) is 53.6 Å². The molecule has 5 nitrogen and oxygen atoms in total. The Kier molecular flexibility index (Phi) is 4.31. The van der Waals surface area contributed by atoms with Crippen molar-refractivity contribution in [3.8, 4) is 11.4 Å². The Bertz CT molecular complexity index is 1270. The summed E-state index contributed by atoms with van der Waals surface area (Å²) >= 11 is 0. The van der Waals surface area contributed by atoms with Crippen LogP contribution in [0.15, 0.2) is 29.1 Å². The summed E-state index contributed by atoms with van der Waals surface area (Å²) in [5.41, 5.74) is 7.72. The van der Waals surface area contributed by atoms with E-state index in [-0.39, 0.29) is 24.1 Å². The van der Waals surface area contributed by atoms with Gasteiger partial charge in [0.2, 0.25) is 0 Å². The van der Waals surface area contributed by atoms with Crippen LogP contribution in [0.1, 0.15) is 73.8 Å². The number of rotatable bonds is 3. The van der Waals surface area contributed by atoms with E-state index in [1.807, 2.05) is 17.6 Å². The highest BCUT2D eigenvalue weighted by Gasteiger charge is 2.34. The van der Waals surface area contributed by atoms with Crippen molar-refractivity contribution in [2.45, 2.75) is 65.5 Å². The fraction of sp³-hybridized carbons (Fsp3) is 0.400. The molecule has 0 fully saturated rings. The van der Waals surface area contributed by atoms with Gasteiger partial charge in [0.05, 0.1) is 34.9 Å². The molecule has 4 heterocycles. The predicted molar refractivity (Wildman–Crippen MR) is 117 cm³/mol. The number of cyclic esters (lactones) is 1. The Morgan fingerprint density at radius 2 is 1.97 bits per heavy atom. The molecule has 0 bridgehead atoms. The van der Waals surface area contributed by atoms with Crippen LogP contribution in [0.5, 0.6) is 0 Å². The molecule has 2 aromatic heterocycles. The Morgan fingerprint density at radius 1 is 1.17 bits per heavy atom. The van der Waals surface area contributed by atoms with Crippen molar-refractivity contribution in [1.82, 2.24) is 9.55 Å². The third-order valence-corrected chi connectivity index (χ3v) is 6.67. The van der Waals surface area contributed by atoms with Crippen molar-refractivity contribution < 1.29 is 9.53 Å². The van der Waals surface area contributed by atoms with Crippen LogP contribution in [0.25, 0.3) is 22.3 Å². The van der Waals surface area contributed by atoms with Gasteiger partial charge in [-0.15, -0.1) is 0 Å². The van der Waals surface area contributed by atoms with E-state index in [4.69, 9.17) is 9.72 Å². The van der Waals surface area contributed by atoms with Gasteiger partial charge < -0.3 is 9.30 Å². The van der Waals surface area contributed by atoms with Crippen molar-refractivity contribution in [3.63, 3.8) is 0 Å². The minimum absolute atomic E-state index is 0.0552. The summed E-state index contributed by atoms with van der Waals surface area (Å²) in [4.78, 5) is 30.6. The third kappa shape index (κ3) is 2.57. The second-order valence-corrected chi connectivity index (χ2v) is 8.63. The van der Waals surface area contributed by atoms with Gasteiger partial charge in [-0.2, -0.15) is 0 Å². The van der Waals surface area contributed by atoms with E-state index in [1.165, 1.54) is 16.5 Å². The van der Waals surface area contributed by atoms with Crippen molar-refractivity contribution in [2.75, 3.05) is 0 Å². The Labute approximate surface area is 175 Å². The summed E-state index contributed by atoms with van der Waals surface area (Å²) in [6.07, 6.45) is 1.50. The maximum Gasteiger partial charge on any atom is 0.313 e. The molecule has 0 radical (unpaired) electrons. The number of hydrogen-bond acceptors (Lipinski definition) is 4. The smallest absolute Gasteiger partial charge is 0.313 e. The number of pyridine rings is 2. The van der Waals surface area contributed by atoms with Crippen LogP contribution in [0.2, 0.25) is 0 Å². The molecule has 0 N–H and O–H groups in total. The molecule has 1 aromatic carbocycles. The molecule has 0 unspecified atom stereocenters. The van der Waals surface area contributed by atoms with Gasteiger partial charge in [-0.25, -0.2) is 4.98 Å². The number of fused-ring (bicyclic) bond motifs is 5. The standard InChI is InChI=1S/C25H26N2O3/c1-5-15-18-9-14(13(3)4)7-8-21(18)26-23-19(15)11-27-22(23)10-17-16(6-2)25(29)30-12-20(17)24(27)28/h7-10,13,16H,5-6,11-12H2,1-4H3/t16-/m1/s1. The number of aromatic nitrogens is 2. The van der Waals surface area contributed by atoms with E-state index in [0.29, 0.717) is 24.4 Å². The summed E-state index contributed by atoms with van der Waals surface area (Å²) in [7, 11) is 0. The number of aryl methyl sites for hydroxylation is 1. The highest BCUT2D eigenvalue weighted by atomic mass is 16.5. The molecule has 5 rings (SSSR count). The molecule has 1 atom stereocenters. The number of benzene rings is 1. The molecule has 154 valence electrons. The number of ether oxygens (including phenoxy) is 1. The first-order valence-electron chi connectivity index (χ1n) is 10.8. The molecule has 0 spiro atoms. The monoisotopic (exact) mass is 402 g/mol. The number of carbonyl (C=O) groups excluding carboxylic acids is 1. The molecule has 2 aliphatic heterocycles. The first-order chi connectivity index (χ1) is 14.4. The summed E-state index contributed by atoms with van der Waals surface area (Å²) in [6, 6.07) is 8.50. The normalized spacial score (nSPS) is 17.1. The molecule has 0 saturated carbocycles. The van der Waals surface area contributed by atoms with Gasteiger partial charge in [0, 0.05) is 10.9 Å². The van der Waals surface area contributed by atoms with E-state index in [9.17, 15) is 9.59 Å². The maximum atomic E-state index is 13.3. The molecule has 0 saturated heterocycles. The molecular formula is C25H26N2O3. The average Bonchev–Trinajstić information content (AvgIpc) is 3.10. The molecule has 0 aliphatic carbocycles. The number of hydrogen-bond donors (Lipinski definition) is 0. The van der Waals surface area contributed by atoms with E-state index < -0.39 is 0 Å². The second-order valence-electron chi connectivity index (χ2n) is 8.63. The fourth-order valence-electron chi connectivity index (χ4n) is 4.96. The summed E-state index contributed by atoms with van der Waals surface area (Å²) in [5, 5.41) is 1.18. The molecule has 5 heteroatoms. The van der Waals surface area contributed by atoms with Crippen molar-refractivity contribution in [1.29, 1.82) is 0 Å². The van der Waals surface area contributed by atoms with Crippen LogP contribution in [-0.4, -0.2) is 15.5 Å². The zero-order valence-electron chi connectivity index (χ0n) is 17.9. The molecule has 2 aliphatic rings. The van der Waals surface area contributed by atoms with Gasteiger partial charge >= 0.3 is 5.97 Å². The number of nitrogens with zero attached hydrogens (tertiary/aromatic N) is 2. The lowest BCUT2D eigenvalue weighted by molar-refractivity contribution is -0.148. The van der Waals surface area contributed by atoms with Gasteiger partial charge in [0.1, 0.15) is 6.61 Å². The zero-order valence-corrected chi connectivity index (χ0v) is 17.9. The van der Waals surface area contributed by atoms with Crippen LogP contribution < -0.4 is 5.56 Å². The lowest BCUT2D eigenvalue weighted by Crippen LogP contribution is -2.32. The minimum atomic E-state index is -0.379. The average molecular weight is 402 g/mol. The number of carbonyl (C=O) groups is 1. The van der Waals surface area contributed by atoms with E-state index in [1.54, 1.807) is 0 Å². The molecular weight excluding hydrogens is 376 g/mol. The van der Waals surface area contributed by atoms with Crippen molar-refractivity contribution >= 4 is 16.9 Å². The Balaban J connectivity index is 1.78. The summed E-state index contributed by atoms with van der Waals surface area (Å²) in [6.45, 7) is 9.09. The zero-order chi connectivity index (χ0) is 21.2. The Morgan fingerprint density at radius 3 is 2.67 bits per heavy atom. The van der Waals surface area contributed by atoms with Gasteiger partial charge in [0.15, 0.2) is 0 Å². The molecule has 30 heavy (non-hydrogen) atoms. The maximum absolute atomic E-state index is 13.3. The van der Waals surface area contributed by atoms with Crippen LogP contribution >= 0.6 is 0 Å². The fourth-order valence-corrected chi connectivity index (χ4v) is 4.96. The van der Waals surface area contributed by atoms with E-state index in [2.05, 4.69) is 39.0 Å². The summed E-state index contributed by atoms with van der Waals surface area (Å²) in [5.74, 6) is -0.173. The van der Waals surface area contributed by atoms with E-state index in [0.717, 1.165) is 34.5 Å². The number of esters is 1. The second kappa shape index (κ2) is 6.79. The van der Waals surface area contributed by atoms with Gasteiger partial charge in [-0.3, -0.25) is 9.59 Å². The lowest BCUT2D eigenvalue weighted by Gasteiger charge is -2.24. The van der Waals surface area contributed by atoms with Gasteiger partial charge in [-0.1, -0.05) is 33.8 Å². The lowest BCUT2D eigenvalue weighted by atomic mass is 9.90. The van der Waals surface area contributed by atoms with Gasteiger partial charge in [0.25, 0.3) is 5.56 Å². The SMILES string of the molecule is CCc1c2c(nc3ccc(C(C)C)cc13)-c1cc3c(c(=O)n1C2)COC(=O)[C@@H]3CC. The quantitative estimate of drug-likeness (QED) is 0.468. The highest BCUT2D eigenvalue weighted by molar-refractivity contribution is 5.89. The largest absolute Gasteiger partial charge is 0.460 e. The van der Waals surface area contributed by atoms with Crippen LogP contribution in [0.4, 0.5) is 0 Å². The first-order valence-corrected chi connectivity index (χ1v) is 10.8. The van der Waals surface area contributed by atoms with Crippen molar-refractivity contribution in [3.05, 3.63) is 62.4 Å². The third-order valence-electron chi connectivity index (χ3n) is 6.67. The van der Waals surface area contributed by atoms with Crippen LogP contribution in [-0.2, 0) is 29.1 Å². The van der Waals surface area contributed by atoms with Crippen LogP contribution in [0.3, 0.4) is 0 Å². The van der Waals surface area contributed by atoms with E-state index >= 15 is 0 Å².